The van der Waals surface area contributed by atoms with Gasteiger partial charge in [-0.1, -0.05) is 44.9 Å². The second-order valence-electron chi connectivity index (χ2n) is 8.83. The molecule has 0 saturated carbocycles. The van der Waals surface area contributed by atoms with E-state index in [1.54, 1.807) is 24.3 Å². The monoisotopic (exact) mass is 444 g/mol. The smallest absolute Gasteiger partial charge is 0.340 e. The normalized spacial score (nSPS) is 17.8. The number of unbranched alkanes of at least 4 members (excludes halogenated alkanes) is 2. The van der Waals surface area contributed by atoms with Crippen LogP contribution in [0.25, 0.3) is 0 Å². The molecule has 0 bridgehead atoms. The van der Waals surface area contributed by atoms with Gasteiger partial charge in [0.1, 0.15) is 23.0 Å². The van der Waals surface area contributed by atoms with Crippen molar-refractivity contribution in [1.82, 2.24) is 0 Å². The van der Waals surface area contributed by atoms with E-state index in [4.69, 9.17) is 9.47 Å². The molecule has 0 aromatic heterocycles. The fourth-order valence-electron chi connectivity index (χ4n) is 5.21. The fraction of sp³-hybridized carbons (Fsp3) is 0.321. The molecule has 0 fully saturated rings. The van der Waals surface area contributed by atoms with Crippen molar-refractivity contribution in [3.8, 4) is 23.0 Å². The summed E-state index contributed by atoms with van der Waals surface area (Å²) in [4.78, 5) is 13.1. The summed E-state index contributed by atoms with van der Waals surface area (Å²) < 4.78 is 12.5. The number of hydrogen-bond donors (Lipinski definition) is 2. The molecule has 0 amide bonds. The van der Waals surface area contributed by atoms with E-state index in [2.05, 4.69) is 13.8 Å². The summed E-state index contributed by atoms with van der Waals surface area (Å²) in [6, 6.07) is 14.0. The van der Waals surface area contributed by atoms with Crippen LogP contribution >= 0.6 is 0 Å². The van der Waals surface area contributed by atoms with Crippen LogP contribution < -0.4 is 4.74 Å². The molecule has 5 heteroatoms. The summed E-state index contributed by atoms with van der Waals surface area (Å²) in [7, 11) is 0. The highest BCUT2D eigenvalue weighted by molar-refractivity contribution is 5.97. The molecule has 0 aliphatic carbocycles. The van der Waals surface area contributed by atoms with Crippen molar-refractivity contribution in [2.24, 2.45) is 0 Å². The van der Waals surface area contributed by atoms with Crippen LogP contribution in [0.2, 0.25) is 0 Å². The van der Waals surface area contributed by atoms with E-state index in [9.17, 15) is 15.0 Å². The number of aromatic hydroxyl groups is 2. The van der Waals surface area contributed by atoms with Crippen molar-refractivity contribution >= 4 is 5.97 Å². The first-order chi connectivity index (χ1) is 16.0. The van der Waals surface area contributed by atoms with E-state index in [1.165, 1.54) is 6.07 Å². The second-order valence-corrected chi connectivity index (χ2v) is 8.83. The topological polar surface area (TPSA) is 76.0 Å². The van der Waals surface area contributed by atoms with Gasteiger partial charge in [-0.3, -0.25) is 0 Å². The molecule has 5 nitrogen and oxygen atoms in total. The number of rotatable bonds is 6. The minimum atomic E-state index is -1.19. The first-order valence-electron chi connectivity index (χ1n) is 11.7. The van der Waals surface area contributed by atoms with Gasteiger partial charge in [0.15, 0.2) is 5.60 Å². The highest BCUT2D eigenvalue weighted by atomic mass is 16.6. The van der Waals surface area contributed by atoms with Crippen LogP contribution in [0.1, 0.15) is 77.7 Å². The summed E-state index contributed by atoms with van der Waals surface area (Å²) in [5.74, 6) is 0.738. The number of carbonyl (C=O) groups excluding carboxylic acids is 1. The van der Waals surface area contributed by atoms with Gasteiger partial charge in [0, 0.05) is 23.3 Å². The Bertz CT molecular complexity index is 1250. The molecule has 1 unspecified atom stereocenters. The lowest BCUT2D eigenvalue weighted by Crippen LogP contribution is -2.34. The Balaban J connectivity index is 1.88. The Kier molecular flexibility index (Phi) is 5.28. The third kappa shape index (κ3) is 3.17. The Hall–Kier alpha value is -3.47. The van der Waals surface area contributed by atoms with Crippen LogP contribution in [0.15, 0.2) is 48.5 Å². The lowest BCUT2D eigenvalue weighted by Gasteiger charge is -2.39. The van der Waals surface area contributed by atoms with Crippen LogP contribution in [-0.2, 0) is 23.2 Å². The number of esters is 1. The number of hydrogen-bond acceptors (Lipinski definition) is 5. The first kappa shape index (κ1) is 21.4. The molecule has 2 aliphatic heterocycles. The van der Waals surface area contributed by atoms with Crippen molar-refractivity contribution in [3.05, 3.63) is 81.9 Å². The fourth-order valence-corrected chi connectivity index (χ4v) is 5.21. The number of carbonyl (C=O) groups is 1. The zero-order chi connectivity index (χ0) is 23.2. The average Bonchev–Trinajstić information content (AvgIpc) is 3.09. The summed E-state index contributed by atoms with van der Waals surface area (Å²) in [5, 5.41) is 21.2. The molecule has 5 rings (SSSR count). The molecule has 33 heavy (non-hydrogen) atoms. The van der Waals surface area contributed by atoms with Crippen molar-refractivity contribution in [1.29, 1.82) is 0 Å². The van der Waals surface area contributed by atoms with E-state index in [-0.39, 0.29) is 17.5 Å². The molecule has 2 aliphatic rings. The van der Waals surface area contributed by atoms with E-state index in [0.717, 1.165) is 60.8 Å². The predicted molar refractivity (Wildman–Crippen MR) is 125 cm³/mol. The van der Waals surface area contributed by atoms with Gasteiger partial charge in [-0.15, -0.1) is 0 Å². The van der Waals surface area contributed by atoms with E-state index >= 15 is 0 Å². The van der Waals surface area contributed by atoms with Crippen molar-refractivity contribution in [2.75, 3.05) is 0 Å². The zero-order valence-corrected chi connectivity index (χ0v) is 19.0. The third-order valence-electron chi connectivity index (χ3n) is 6.74. The van der Waals surface area contributed by atoms with Crippen LogP contribution in [-0.4, -0.2) is 16.2 Å². The molecule has 170 valence electrons. The number of fused-ring (bicyclic) bond motifs is 6. The summed E-state index contributed by atoms with van der Waals surface area (Å²) in [6.45, 7) is 4.26. The number of phenols is 2. The zero-order valence-electron chi connectivity index (χ0n) is 19.0. The maximum absolute atomic E-state index is 13.1. The van der Waals surface area contributed by atoms with Crippen LogP contribution in [0, 0.1) is 0 Å². The van der Waals surface area contributed by atoms with Crippen LogP contribution in [0.3, 0.4) is 0 Å². The van der Waals surface area contributed by atoms with E-state index in [1.807, 2.05) is 18.2 Å². The largest absolute Gasteiger partial charge is 0.508 e. The number of phenolic OH excluding ortho intramolecular Hbond substituents is 2. The van der Waals surface area contributed by atoms with Gasteiger partial charge in [-0.25, -0.2) is 4.79 Å². The first-order valence-corrected chi connectivity index (χ1v) is 11.7. The van der Waals surface area contributed by atoms with Gasteiger partial charge in [0.2, 0.25) is 0 Å². The molecular weight excluding hydrogens is 416 g/mol. The lowest BCUT2D eigenvalue weighted by atomic mass is 9.73. The van der Waals surface area contributed by atoms with Gasteiger partial charge >= 0.3 is 5.97 Å². The third-order valence-corrected chi connectivity index (χ3v) is 6.74. The van der Waals surface area contributed by atoms with Crippen molar-refractivity contribution in [3.63, 3.8) is 0 Å². The molecule has 3 aromatic carbocycles. The Morgan fingerprint density at radius 1 is 0.848 bits per heavy atom. The van der Waals surface area contributed by atoms with Gasteiger partial charge in [-0.2, -0.15) is 0 Å². The molecule has 0 radical (unpaired) electrons. The average molecular weight is 445 g/mol. The summed E-state index contributed by atoms with van der Waals surface area (Å²) in [6.07, 6.45) is 5.36. The van der Waals surface area contributed by atoms with Gasteiger partial charge in [-0.05, 0) is 55.0 Å². The van der Waals surface area contributed by atoms with E-state index in [0.29, 0.717) is 22.6 Å². The molecule has 1 atom stereocenters. The predicted octanol–water partition coefficient (Wildman–Crippen LogP) is 6.35. The maximum Gasteiger partial charge on any atom is 0.340 e. The highest BCUT2D eigenvalue weighted by Gasteiger charge is 2.55. The Morgan fingerprint density at radius 2 is 1.58 bits per heavy atom. The summed E-state index contributed by atoms with van der Waals surface area (Å²) in [5.41, 5.74) is 3.44. The molecule has 0 saturated heterocycles. The molecule has 2 heterocycles. The second kappa shape index (κ2) is 8.14. The standard InChI is InChI=1S/C28H28O5/c1-3-5-9-18-19(10-6-4-2)26-25(16-23(18)30)32-24-15-17(29)13-14-22(24)28(26)21-12-8-7-11-20(21)27(31)33-28/h7-8,11-16,29-30H,3-6,9-10H2,1-2H3. The summed E-state index contributed by atoms with van der Waals surface area (Å²) >= 11 is 0. The lowest BCUT2D eigenvalue weighted by molar-refractivity contribution is 0.0221. The molecule has 2 N–H and O–H groups in total. The van der Waals surface area contributed by atoms with Crippen molar-refractivity contribution in [2.45, 2.75) is 58.0 Å². The number of benzene rings is 3. The Morgan fingerprint density at radius 3 is 2.33 bits per heavy atom. The van der Waals surface area contributed by atoms with E-state index < -0.39 is 5.60 Å². The minimum Gasteiger partial charge on any atom is -0.508 e. The van der Waals surface area contributed by atoms with Crippen molar-refractivity contribution < 1.29 is 24.5 Å². The quantitative estimate of drug-likeness (QED) is 0.433. The molecule has 3 aromatic rings. The maximum atomic E-state index is 13.1. The molecular formula is C28H28O5. The molecule has 1 spiro atoms. The van der Waals surface area contributed by atoms with Gasteiger partial charge in [0.25, 0.3) is 0 Å². The van der Waals surface area contributed by atoms with Gasteiger partial charge in [0.05, 0.1) is 11.1 Å². The van der Waals surface area contributed by atoms with Crippen LogP contribution in [0.5, 0.6) is 23.0 Å². The number of ether oxygens (including phenoxy) is 2. The SMILES string of the molecule is CCCCc1c(O)cc2c(c1CCCC)C1(OC(=O)c3ccccc31)c1ccc(O)cc1O2. The highest BCUT2D eigenvalue weighted by Crippen LogP contribution is 2.59. The Labute approximate surface area is 193 Å². The van der Waals surface area contributed by atoms with Gasteiger partial charge < -0.3 is 19.7 Å². The minimum absolute atomic E-state index is 0.0555. The van der Waals surface area contributed by atoms with Crippen LogP contribution in [0.4, 0.5) is 0 Å².